The third-order valence-electron chi connectivity index (χ3n) is 2.54. The van der Waals surface area contributed by atoms with Gasteiger partial charge in [0.15, 0.2) is 0 Å². The number of hydrogen-bond acceptors (Lipinski definition) is 4. The van der Waals surface area contributed by atoms with Crippen LogP contribution < -0.4 is 5.32 Å². The molecule has 2 heterocycles. The van der Waals surface area contributed by atoms with Gasteiger partial charge in [0.25, 0.3) is 5.91 Å². The number of halogens is 1. The summed E-state index contributed by atoms with van der Waals surface area (Å²) in [6.07, 6.45) is 1.63. The highest BCUT2D eigenvalue weighted by atomic mass is 79.9. The minimum absolute atomic E-state index is 0.180. The van der Waals surface area contributed by atoms with Crippen LogP contribution in [0.5, 0.6) is 0 Å². The Hall–Kier alpha value is -1.89. The number of hydrogen-bond donors (Lipinski definition) is 2. The number of nitrogens with zero attached hydrogens (tertiary/aromatic N) is 1. The zero-order valence-corrected chi connectivity index (χ0v) is 13.6. The first-order chi connectivity index (χ1) is 9.76. The molecule has 0 saturated heterocycles. The Morgan fingerprint density at radius 3 is 2.76 bits per heavy atom. The van der Waals surface area contributed by atoms with Crippen LogP contribution in [0.1, 0.15) is 31.3 Å². The molecule has 2 aromatic rings. The van der Waals surface area contributed by atoms with Gasteiger partial charge in [0.2, 0.25) is 0 Å². The summed E-state index contributed by atoms with van der Waals surface area (Å²) in [5.41, 5.74) is 0.372. The fourth-order valence-corrected chi connectivity index (χ4v) is 2.16. The third-order valence-corrected chi connectivity index (χ3v) is 3.23. The van der Waals surface area contributed by atoms with Crippen molar-refractivity contribution in [3.8, 4) is 0 Å². The normalized spacial score (nSPS) is 11.4. The van der Waals surface area contributed by atoms with Crippen molar-refractivity contribution in [3.63, 3.8) is 0 Å². The molecule has 0 fully saturated rings. The maximum absolute atomic E-state index is 12.0. The molecule has 2 rings (SSSR count). The second-order valence-corrected chi connectivity index (χ2v) is 6.36. The Balaban J connectivity index is 2.03. The fraction of sp³-hybridized carbons (Fsp3) is 0.357. The first-order valence-corrected chi connectivity index (χ1v) is 7.19. The van der Waals surface area contributed by atoms with Crippen LogP contribution in [-0.4, -0.2) is 34.0 Å². The van der Waals surface area contributed by atoms with Gasteiger partial charge in [-0.15, -0.1) is 0 Å². The molecule has 0 radical (unpaired) electrons. The first-order valence-electron chi connectivity index (χ1n) is 6.39. The molecule has 0 aliphatic carbocycles. The maximum Gasteiger partial charge on any atom is 0.325 e. The number of carbonyl (C=O) groups is 2. The predicted octanol–water partition coefficient (Wildman–Crippen LogP) is 2.40. The summed E-state index contributed by atoms with van der Waals surface area (Å²) < 4.78 is 5.96. The number of aromatic nitrogens is 2. The Bertz CT molecular complexity index is 688. The second-order valence-electron chi connectivity index (χ2n) is 5.51. The number of ether oxygens (including phenoxy) is 1. The van der Waals surface area contributed by atoms with Crippen molar-refractivity contribution in [1.82, 2.24) is 15.3 Å². The third kappa shape index (κ3) is 4.04. The van der Waals surface area contributed by atoms with Gasteiger partial charge in [-0.05, 0) is 48.8 Å². The van der Waals surface area contributed by atoms with Crippen LogP contribution in [0, 0.1) is 0 Å². The van der Waals surface area contributed by atoms with E-state index < -0.39 is 11.6 Å². The van der Waals surface area contributed by atoms with Gasteiger partial charge in [-0.2, -0.15) is 0 Å². The van der Waals surface area contributed by atoms with Gasteiger partial charge < -0.3 is 15.0 Å². The van der Waals surface area contributed by atoms with Crippen molar-refractivity contribution in [2.75, 3.05) is 6.54 Å². The standard InChI is InChI=1S/C14H16BrN3O3/c1-14(2,3)21-11(19)7-17-13(20)10-6-8-9(15)4-5-16-12(8)18-10/h4-6H,7H2,1-3H3,(H,16,18)(H,17,20). The van der Waals surface area contributed by atoms with Gasteiger partial charge in [-0.3, -0.25) is 9.59 Å². The number of carbonyl (C=O) groups excluding carboxylic acids is 2. The summed E-state index contributed by atoms with van der Waals surface area (Å²) in [5, 5.41) is 3.32. The van der Waals surface area contributed by atoms with Crippen molar-refractivity contribution in [2.45, 2.75) is 26.4 Å². The monoisotopic (exact) mass is 353 g/mol. The lowest BCUT2D eigenvalue weighted by Crippen LogP contribution is -2.34. The summed E-state index contributed by atoms with van der Waals surface area (Å²) in [7, 11) is 0. The lowest BCUT2D eigenvalue weighted by Gasteiger charge is -2.19. The number of aromatic amines is 1. The van der Waals surface area contributed by atoms with Gasteiger partial charge >= 0.3 is 5.97 Å². The highest BCUT2D eigenvalue weighted by Crippen LogP contribution is 2.22. The molecule has 0 bridgehead atoms. The van der Waals surface area contributed by atoms with Crippen LogP contribution in [0.3, 0.4) is 0 Å². The molecule has 0 spiro atoms. The molecule has 0 saturated carbocycles. The van der Waals surface area contributed by atoms with Gasteiger partial charge in [-0.1, -0.05) is 0 Å². The molecule has 0 atom stereocenters. The van der Waals surface area contributed by atoms with E-state index in [9.17, 15) is 9.59 Å². The molecule has 7 heteroatoms. The minimum Gasteiger partial charge on any atom is -0.459 e. The van der Waals surface area contributed by atoms with Crippen LogP contribution in [-0.2, 0) is 9.53 Å². The molecule has 0 aliphatic heterocycles. The molecule has 6 nitrogen and oxygen atoms in total. The largest absolute Gasteiger partial charge is 0.459 e. The van der Waals surface area contributed by atoms with Crippen molar-refractivity contribution in [3.05, 3.63) is 28.5 Å². The fourth-order valence-electron chi connectivity index (χ4n) is 1.74. The van der Waals surface area contributed by atoms with Crippen LogP contribution in [0.15, 0.2) is 22.8 Å². The smallest absolute Gasteiger partial charge is 0.325 e. The SMILES string of the molecule is CC(C)(C)OC(=O)CNC(=O)c1cc2c(Br)ccnc2[nH]1. The van der Waals surface area contributed by atoms with E-state index in [2.05, 4.69) is 31.2 Å². The maximum atomic E-state index is 12.0. The van der Waals surface area contributed by atoms with Gasteiger partial charge in [-0.25, -0.2) is 4.98 Å². The van der Waals surface area contributed by atoms with Crippen LogP contribution in [0.4, 0.5) is 0 Å². The van der Waals surface area contributed by atoms with Gasteiger partial charge in [0, 0.05) is 16.1 Å². The summed E-state index contributed by atoms with van der Waals surface area (Å²) in [5.74, 6) is -0.864. The Morgan fingerprint density at radius 1 is 1.43 bits per heavy atom. The molecular formula is C14H16BrN3O3. The molecular weight excluding hydrogens is 338 g/mol. The summed E-state index contributed by atoms with van der Waals surface area (Å²) in [4.78, 5) is 30.6. The van der Waals surface area contributed by atoms with Crippen LogP contribution >= 0.6 is 15.9 Å². The number of nitrogens with one attached hydrogen (secondary N) is 2. The van der Waals surface area contributed by atoms with E-state index in [0.29, 0.717) is 11.3 Å². The lowest BCUT2D eigenvalue weighted by molar-refractivity contribution is -0.153. The quantitative estimate of drug-likeness (QED) is 0.829. The van der Waals surface area contributed by atoms with Crippen LogP contribution in [0.25, 0.3) is 11.0 Å². The second kappa shape index (κ2) is 5.85. The molecule has 2 aromatic heterocycles. The van der Waals surface area contributed by atoms with E-state index in [1.165, 1.54) is 0 Å². The van der Waals surface area contributed by atoms with E-state index in [1.54, 1.807) is 39.1 Å². The van der Waals surface area contributed by atoms with Crippen molar-refractivity contribution >= 4 is 38.8 Å². The van der Waals surface area contributed by atoms with E-state index in [4.69, 9.17) is 4.74 Å². The van der Waals surface area contributed by atoms with E-state index >= 15 is 0 Å². The molecule has 2 N–H and O–H groups in total. The van der Waals surface area contributed by atoms with Crippen molar-refractivity contribution in [2.24, 2.45) is 0 Å². The molecule has 21 heavy (non-hydrogen) atoms. The number of H-pyrrole nitrogens is 1. The number of fused-ring (bicyclic) bond motifs is 1. The summed E-state index contributed by atoms with van der Waals surface area (Å²) >= 11 is 3.39. The van der Waals surface area contributed by atoms with E-state index in [1.807, 2.05) is 0 Å². The first kappa shape index (κ1) is 15.5. The van der Waals surface area contributed by atoms with Crippen LogP contribution in [0.2, 0.25) is 0 Å². The highest BCUT2D eigenvalue weighted by Gasteiger charge is 2.18. The zero-order chi connectivity index (χ0) is 15.6. The highest BCUT2D eigenvalue weighted by molar-refractivity contribution is 9.10. The molecule has 112 valence electrons. The van der Waals surface area contributed by atoms with Gasteiger partial charge in [0.05, 0.1) is 0 Å². The average Bonchev–Trinajstić information content (AvgIpc) is 2.79. The number of rotatable bonds is 3. The van der Waals surface area contributed by atoms with E-state index in [0.717, 1.165) is 9.86 Å². The van der Waals surface area contributed by atoms with Crippen molar-refractivity contribution in [1.29, 1.82) is 0 Å². The molecule has 1 amide bonds. The molecule has 0 aromatic carbocycles. The topological polar surface area (TPSA) is 84.1 Å². The predicted molar refractivity (Wildman–Crippen MR) is 82.0 cm³/mol. The average molecular weight is 354 g/mol. The summed E-state index contributed by atoms with van der Waals surface area (Å²) in [6.45, 7) is 5.13. The Labute approximate surface area is 130 Å². The lowest BCUT2D eigenvalue weighted by atomic mass is 10.2. The van der Waals surface area contributed by atoms with Crippen molar-refractivity contribution < 1.29 is 14.3 Å². The molecule has 0 aliphatic rings. The number of esters is 1. The summed E-state index contributed by atoms with van der Waals surface area (Å²) in [6, 6.07) is 3.47. The van der Waals surface area contributed by atoms with Gasteiger partial charge in [0.1, 0.15) is 23.5 Å². The Morgan fingerprint density at radius 2 is 2.14 bits per heavy atom. The Kier molecular flexibility index (Phi) is 4.32. The number of pyridine rings is 1. The minimum atomic E-state index is -0.572. The molecule has 0 unspecified atom stereocenters. The van der Waals surface area contributed by atoms with E-state index in [-0.39, 0.29) is 12.5 Å². The zero-order valence-electron chi connectivity index (χ0n) is 12.0. The number of amides is 1.